The summed E-state index contributed by atoms with van der Waals surface area (Å²) in [6.45, 7) is 17.6. The SMILES string of the molecule is CC(C)(C)OC(=O)N1CCN(c2ncc(C(=O)O)cn2)CC1.CCOC(=O)c1cnc(N2CCN(C(=O)OC(C)(C)C)CC2)nc1.[Na+].[OH-]. The van der Waals surface area contributed by atoms with Crippen molar-refractivity contribution in [2.45, 2.75) is 59.7 Å². The van der Waals surface area contributed by atoms with E-state index in [0.29, 0.717) is 76.4 Å². The molecule has 0 spiro atoms. The van der Waals surface area contributed by atoms with Crippen molar-refractivity contribution < 1.29 is 73.5 Å². The molecule has 2 aromatic heterocycles. The van der Waals surface area contributed by atoms with Gasteiger partial charge < -0.3 is 44.4 Å². The van der Waals surface area contributed by atoms with Gasteiger partial charge in [-0.2, -0.15) is 0 Å². The molecule has 0 unspecified atom stereocenters. The van der Waals surface area contributed by atoms with E-state index >= 15 is 0 Å². The molecule has 0 bridgehead atoms. The Balaban J connectivity index is 0.000000462. The molecule has 4 heterocycles. The molecule has 0 saturated carbocycles. The first-order valence-electron chi connectivity index (χ1n) is 15.1. The van der Waals surface area contributed by atoms with Crippen molar-refractivity contribution >= 4 is 36.0 Å². The molecule has 2 saturated heterocycles. The van der Waals surface area contributed by atoms with E-state index in [9.17, 15) is 19.2 Å². The predicted molar refractivity (Wildman–Crippen MR) is 169 cm³/mol. The summed E-state index contributed by atoms with van der Waals surface area (Å²) in [5, 5.41) is 8.82. The zero-order chi connectivity index (χ0) is 34.1. The van der Waals surface area contributed by atoms with E-state index in [-0.39, 0.29) is 52.8 Å². The molecule has 2 aromatic rings. The number of carboxylic acids is 1. The first-order valence-corrected chi connectivity index (χ1v) is 15.1. The number of rotatable bonds is 5. The molecular weight excluding hydrogens is 639 g/mol. The molecule has 2 N–H and O–H groups in total. The zero-order valence-corrected chi connectivity index (χ0v) is 31.0. The summed E-state index contributed by atoms with van der Waals surface area (Å²) >= 11 is 0. The second-order valence-electron chi connectivity index (χ2n) is 12.5. The third kappa shape index (κ3) is 13.4. The molecule has 17 nitrogen and oxygen atoms in total. The molecule has 2 aliphatic rings. The minimum absolute atomic E-state index is 0. The van der Waals surface area contributed by atoms with Crippen LogP contribution in [-0.2, 0) is 14.2 Å². The van der Waals surface area contributed by atoms with Crippen molar-refractivity contribution in [2.24, 2.45) is 0 Å². The van der Waals surface area contributed by atoms with Crippen LogP contribution in [0.4, 0.5) is 21.5 Å². The molecular formula is C30H45N8NaO9. The number of nitrogens with zero attached hydrogens (tertiary/aromatic N) is 8. The molecule has 0 aromatic carbocycles. The van der Waals surface area contributed by atoms with Gasteiger partial charge in [-0.1, -0.05) is 0 Å². The molecule has 0 aliphatic carbocycles. The van der Waals surface area contributed by atoms with Crippen molar-refractivity contribution in [3.05, 3.63) is 35.9 Å². The monoisotopic (exact) mass is 684 g/mol. The van der Waals surface area contributed by atoms with Crippen LogP contribution >= 0.6 is 0 Å². The molecule has 2 aliphatic heterocycles. The van der Waals surface area contributed by atoms with Crippen LogP contribution in [0.3, 0.4) is 0 Å². The van der Waals surface area contributed by atoms with E-state index in [1.165, 1.54) is 24.8 Å². The number of carboxylic acid groups (broad SMARTS) is 1. The van der Waals surface area contributed by atoms with Crippen LogP contribution in [0.2, 0.25) is 0 Å². The summed E-state index contributed by atoms with van der Waals surface area (Å²) in [4.78, 5) is 70.1. The first kappa shape index (κ1) is 42.2. The van der Waals surface area contributed by atoms with Crippen LogP contribution < -0.4 is 39.4 Å². The number of hydrogen-bond donors (Lipinski definition) is 1. The maximum absolute atomic E-state index is 12.0. The third-order valence-electron chi connectivity index (χ3n) is 6.46. The summed E-state index contributed by atoms with van der Waals surface area (Å²) in [5.41, 5.74) is -0.631. The van der Waals surface area contributed by atoms with Gasteiger partial charge in [0.2, 0.25) is 11.9 Å². The minimum atomic E-state index is -1.05. The van der Waals surface area contributed by atoms with Gasteiger partial charge in [0.15, 0.2) is 0 Å². The summed E-state index contributed by atoms with van der Waals surface area (Å²) < 4.78 is 15.6. The van der Waals surface area contributed by atoms with Crippen molar-refractivity contribution in [3.63, 3.8) is 0 Å². The number of ether oxygens (including phenoxy) is 3. The average Bonchev–Trinajstić information content (AvgIpc) is 3.00. The van der Waals surface area contributed by atoms with Gasteiger partial charge in [-0.25, -0.2) is 39.1 Å². The molecule has 2 amide bonds. The van der Waals surface area contributed by atoms with E-state index in [1.807, 2.05) is 51.3 Å². The first-order chi connectivity index (χ1) is 21.6. The topological polar surface area (TPSA) is 211 Å². The van der Waals surface area contributed by atoms with Crippen LogP contribution in [0.1, 0.15) is 69.2 Å². The molecule has 48 heavy (non-hydrogen) atoms. The van der Waals surface area contributed by atoms with Gasteiger partial charge in [-0.3, -0.25) is 0 Å². The Kier molecular flexibility index (Phi) is 16.4. The Morgan fingerprint density at radius 1 is 0.667 bits per heavy atom. The molecule has 0 radical (unpaired) electrons. The predicted octanol–water partition coefficient (Wildman–Crippen LogP) is -0.230. The van der Waals surface area contributed by atoms with Crippen LogP contribution in [0.5, 0.6) is 0 Å². The molecule has 2 fully saturated rings. The minimum Gasteiger partial charge on any atom is -0.870 e. The summed E-state index contributed by atoms with van der Waals surface area (Å²) in [6, 6.07) is 0. The van der Waals surface area contributed by atoms with Crippen molar-refractivity contribution in [3.8, 4) is 0 Å². The van der Waals surface area contributed by atoms with Gasteiger partial charge in [-0.05, 0) is 48.5 Å². The Hall–Kier alpha value is -3.80. The molecule has 18 heteroatoms. The Labute approximate surface area is 302 Å². The maximum Gasteiger partial charge on any atom is 1.00 e. The summed E-state index contributed by atoms with van der Waals surface area (Å²) in [5.74, 6) is -0.485. The number of esters is 1. The number of anilines is 2. The molecule has 4 rings (SSSR count). The number of carbonyl (C=O) groups is 4. The van der Waals surface area contributed by atoms with E-state index < -0.39 is 23.1 Å². The fraction of sp³-hybridized carbons (Fsp3) is 0.600. The number of carbonyl (C=O) groups excluding carboxylic acids is 3. The van der Waals surface area contributed by atoms with Gasteiger partial charge in [0.05, 0.1) is 17.7 Å². The quantitative estimate of drug-likeness (QED) is 0.245. The Morgan fingerprint density at radius 3 is 1.29 bits per heavy atom. The summed E-state index contributed by atoms with van der Waals surface area (Å²) in [6.07, 6.45) is 4.85. The van der Waals surface area contributed by atoms with Crippen LogP contribution in [0.25, 0.3) is 0 Å². The van der Waals surface area contributed by atoms with E-state index in [1.54, 1.807) is 16.7 Å². The van der Waals surface area contributed by atoms with Crippen molar-refractivity contribution in [1.82, 2.24) is 29.7 Å². The van der Waals surface area contributed by atoms with Crippen LogP contribution in [0.15, 0.2) is 24.8 Å². The number of piperazine rings is 2. The van der Waals surface area contributed by atoms with Gasteiger partial charge >= 0.3 is 53.7 Å². The third-order valence-corrected chi connectivity index (χ3v) is 6.46. The standard InChI is InChI=1S/C16H24N4O4.C14H20N4O4.Na.H2O/c1-5-23-13(21)12-10-17-14(18-11-12)19-6-8-20(9-7-19)15(22)24-16(2,3)4;1-14(2,3)22-13(21)18-6-4-17(5-7-18)12-15-8-10(9-16-12)11(19)20;;/h10-11H,5-9H2,1-4H3;8-9H,4-7H2,1-3H3,(H,19,20);;1H2/q;;+1;/p-1. The Bertz CT molecular complexity index is 1340. The van der Waals surface area contributed by atoms with Gasteiger partial charge in [-0.15, -0.1) is 0 Å². The van der Waals surface area contributed by atoms with Crippen LogP contribution in [-0.4, -0.2) is 135 Å². The van der Waals surface area contributed by atoms with E-state index in [2.05, 4.69) is 19.9 Å². The smallest absolute Gasteiger partial charge is 0.870 e. The summed E-state index contributed by atoms with van der Waals surface area (Å²) in [7, 11) is 0. The Morgan fingerprint density at radius 2 is 1.00 bits per heavy atom. The van der Waals surface area contributed by atoms with Gasteiger partial charge in [0.25, 0.3) is 0 Å². The number of aromatic nitrogens is 4. The van der Waals surface area contributed by atoms with Crippen molar-refractivity contribution in [2.75, 3.05) is 68.8 Å². The zero-order valence-electron chi connectivity index (χ0n) is 29.0. The molecule has 260 valence electrons. The van der Waals surface area contributed by atoms with E-state index in [4.69, 9.17) is 19.3 Å². The normalized spacial score (nSPS) is 14.7. The van der Waals surface area contributed by atoms with E-state index in [0.717, 1.165) is 0 Å². The maximum atomic E-state index is 12.0. The van der Waals surface area contributed by atoms with Crippen LogP contribution in [0, 0.1) is 0 Å². The fourth-order valence-electron chi connectivity index (χ4n) is 4.23. The second kappa shape index (κ2) is 18.7. The number of hydrogen-bond acceptors (Lipinski definition) is 14. The average molecular weight is 685 g/mol. The number of amides is 2. The number of aromatic carboxylic acids is 1. The van der Waals surface area contributed by atoms with Gasteiger partial charge in [0, 0.05) is 77.1 Å². The largest absolute Gasteiger partial charge is 1.00 e. The van der Waals surface area contributed by atoms with Gasteiger partial charge in [0.1, 0.15) is 11.2 Å². The molecule has 0 atom stereocenters. The fourth-order valence-corrected chi connectivity index (χ4v) is 4.23. The van der Waals surface area contributed by atoms with Crippen molar-refractivity contribution in [1.29, 1.82) is 0 Å². The second-order valence-corrected chi connectivity index (χ2v) is 12.5.